The third kappa shape index (κ3) is 3.06. The van der Waals surface area contributed by atoms with Gasteiger partial charge in [0.15, 0.2) is 5.65 Å². The maximum absolute atomic E-state index is 12.1. The SMILES string of the molecule is Cc1cc(C)n2ncc(CN3C[C@@H](O)[C@H](NC(=O)c4cnc[nH]4)C3)c2n1. The first-order valence-corrected chi connectivity index (χ1v) is 8.52. The number of aryl methyl sites for hydroxylation is 2. The molecule has 0 unspecified atom stereocenters. The molecule has 1 saturated heterocycles. The Kier molecular flexibility index (Phi) is 4.17. The van der Waals surface area contributed by atoms with Gasteiger partial charge in [-0.05, 0) is 19.9 Å². The van der Waals surface area contributed by atoms with Crippen LogP contribution in [0.4, 0.5) is 0 Å². The number of β-amino-alcohol motifs (C(OH)–C–C–N with tert-alkyl or cyclic N) is 1. The number of carbonyl (C=O) groups excluding carboxylic acids is 1. The molecule has 0 aliphatic carbocycles. The molecule has 1 aliphatic rings. The van der Waals surface area contributed by atoms with E-state index in [2.05, 4.69) is 30.3 Å². The standard InChI is InChI=1S/C17H21N7O2/c1-10-3-11(2)24-16(21-10)12(4-20-24)6-23-7-14(15(25)8-23)22-17(26)13-5-18-9-19-13/h3-5,9,14-15,25H,6-8H2,1-2H3,(H,18,19)(H,22,26)/t14-,15-/m1/s1. The summed E-state index contributed by atoms with van der Waals surface area (Å²) in [4.78, 5) is 25.4. The van der Waals surface area contributed by atoms with Crippen molar-refractivity contribution in [2.75, 3.05) is 13.1 Å². The van der Waals surface area contributed by atoms with Crippen LogP contribution in [-0.4, -0.2) is 65.7 Å². The van der Waals surface area contributed by atoms with Crippen molar-refractivity contribution in [3.63, 3.8) is 0 Å². The van der Waals surface area contributed by atoms with E-state index in [1.54, 1.807) is 0 Å². The van der Waals surface area contributed by atoms with Crippen LogP contribution in [0, 0.1) is 13.8 Å². The summed E-state index contributed by atoms with van der Waals surface area (Å²) in [6.45, 7) is 5.62. The van der Waals surface area contributed by atoms with Crippen LogP contribution in [0.15, 0.2) is 24.8 Å². The Morgan fingerprint density at radius 3 is 3.00 bits per heavy atom. The Balaban J connectivity index is 1.46. The van der Waals surface area contributed by atoms with E-state index in [0.717, 1.165) is 22.6 Å². The number of fused-ring (bicyclic) bond motifs is 1. The second-order valence-corrected chi connectivity index (χ2v) is 6.75. The summed E-state index contributed by atoms with van der Waals surface area (Å²) in [5.41, 5.74) is 4.20. The van der Waals surface area contributed by atoms with Gasteiger partial charge in [-0.2, -0.15) is 5.10 Å². The molecule has 0 saturated carbocycles. The number of nitrogens with one attached hydrogen (secondary N) is 2. The van der Waals surface area contributed by atoms with Crippen LogP contribution in [0.3, 0.4) is 0 Å². The first-order valence-electron chi connectivity index (χ1n) is 8.52. The van der Waals surface area contributed by atoms with Gasteiger partial charge in [-0.1, -0.05) is 0 Å². The van der Waals surface area contributed by atoms with E-state index in [4.69, 9.17) is 0 Å². The summed E-state index contributed by atoms with van der Waals surface area (Å²) in [6.07, 6.45) is 4.11. The third-order valence-corrected chi connectivity index (χ3v) is 4.67. The molecular formula is C17H21N7O2. The van der Waals surface area contributed by atoms with Crippen LogP contribution >= 0.6 is 0 Å². The van der Waals surface area contributed by atoms with Crippen molar-refractivity contribution in [1.29, 1.82) is 0 Å². The Morgan fingerprint density at radius 1 is 1.38 bits per heavy atom. The van der Waals surface area contributed by atoms with Gasteiger partial charge in [0.25, 0.3) is 5.91 Å². The summed E-state index contributed by atoms with van der Waals surface area (Å²) < 4.78 is 1.83. The number of hydrogen-bond acceptors (Lipinski definition) is 6. The van der Waals surface area contributed by atoms with E-state index in [1.165, 1.54) is 12.5 Å². The highest BCUT2D eigenvalue weighted by Crippen LogP contribution is 2.18. The van der Waals surface area contributed by atoms with Crippen LogP contribution in [0.2, 0.25) is 0 Å². The number of aliphatic hydroxyl groups excluding tert-OH is 1. The van der Waals surface area contributed by atoms with Gasteiger partial charge in [-0.25, -0.2) is 14.5 Å². The highest BCUT2D eigenvalue weighted by Gasteiger charge is 2.33. The molecule has 0 bridgehead atoms. The molecule has 3 aromatic rings. The zero-order valence-electron chi connectivity index (χ0n) is 14.7. The van der Waals surface area contributed by atoms with Crippen molar-refractivity contribution in [2.24, 2.45) is 0 Å². The normalized spacial score (nSPS) is 20.7. The maximum atomic E-state index is 12.1. The van der Waals surface area contributed by atoms with Gasteiger partial charge < -0.3 is 15.4 Å². The lowest BCUT2D eigenvalue weighted by atomic mass is 10.2. The van der Waals surface area contributed by atoms with Gasteiger partial charge in [0.1, 0.15) is 5.69 Å². The van der Waals surface area contributed by atoms with Crippen LogP contribution in [0.25, 0.3) is 5.65 Å². The quantitative estimate of drug-likeness (QED) is 0.609. The molecule has 1 amide bonds. The zero-order chi connectivity index (χ0) is 18.3. The van der Waals surface area contributed by atoms with Crippen LogP contribution < -0.4 is 5.32 Å². The van der Waals surface area contributed by atoms with Crippen molar-refractivity contribution in [1.82, 2.24) is 34.8 Å². The smallest absolute Gasteiger partial charge is 0.269 e. The van der Waals surface area contributed by atoms with E-state index in [1.807, 2.05) is 30.6 Å². The summed E-state index contributed by atoms with van der Waals surface area (Å²) >= 11 is 0. The van der Waals surface area contributed by atoms with Crippen molar-refractivity contribution in [3.8, 4) is 0 Å². The largest absolute Gasteiger partial charge is 0.390 e. The molecule has 0 spiro atoms. The molecule has 9 nitrogen and oxygen atoms in total. The van der Waals surface area contributed by atoms with E-state index in [9.17, 15) is 9.90 Å². The topological polar surface area (TPSA) is 111 Å². The first-order chi connectivity index (χ1) is 12.5. The molecule has 3 aromatic heterocycles. The van der Waals surface area contributed by atoms with Gasteiger partial charge in [0.2, 0.25) is 0 Å². The fourth-order valence-corrected chi connectivity index (χ4v) is 3.43. The molecule has 1 fully saturated rings. The fourth-order valence-electron chi connectivity index (χ4n) is 3.43. The third-order valence-electron chi connectivity index (χ3n) is 4.67. The first kappa shape index (κ1) is 16.7. The number of H-pyrrole nitrogens is 1. The molecule has 4 rings (SSSR count). The van der Waals surface area contributed by atoms with Gasteiger partial charge in [-0.15, -0.1) is 0 Å². The Labute approximate surface area is 150 Å². The van der Waals surface area contributed by atoms with Crippen molar-refractivity contribution >= 4 is 11.6 Å². The van der Waals surface area contributed by atoms with Crippen LogP contribution in [-0.2, 0) is 6.54 Å². The van der Waals surface area contributed by atoms with E-state index in [-0.39, 0.29) is 11.9 Å². The lowest BCUT2D eigenvalue weighted by Gasteiger charge is -2.16. The number of aromatic nitrogens is 5. The lowest BCUT2D eigenvalue weighted by Crippen LogP contribution is -2.42. The predicted octanol–water partition coefficient (Wildman–Crippen LogP) is 0.0443. The second-order valence-electron chi connectivity index (χ2n) is 6.75. The molecule has 0 aromatic carbocycles. The minimum absolute atomic E-state index is 0.266. The number of nitrogens with zero attached hydrogens (tertiary/aromatic N) is 5. The molecule has 2 atom stereocenters. The predicted molar refractivity (Wildman–Crippen MR) is 93.6 cm³/mol. The highest BCUT2D eigenvalue weighted by molar-refractivity contribution is 5.92. The van der Waals surface area contributed by atoms with Crippen molar-refractivity contribution in [3.05, 3.63) is 47.4 Å². The second kappa shape index (κ2) is 6.50. The lowest BCUT2D eigenvalue weighted by molar-refractivity contribution is 0.0884. The number of hydrogen-bond donors (Lipinski definition) is 3. The molecule has 4 heterocycles. The van der Waals surface area contributed by atoms with Gasteiger partial charge in [-0.3, -0.25) is 9.69 Å². The number of rotatable bonds is 4. The van der Waals surface area contributed by atoms with Gasteiger partial charge in [0.05, 0.1) is 30.9 Å². The summed E-state index contributed by atoms with van der Waals surface area (Å²) in [5, 5.41) is 17.6. The van der Waals surface area contributed by atoms with E-state index >= 15 is 0 Å². The molecule has 3 N–H and O–H groups in total. The molecule has 9 heteroatoms. The molecule has 136 valence electrons. The summed E-state index contributed by atoms with van der Waals surface area (Å²) in [7, 11) is 0. The summed E-state index contributed by atoms with van der Waals surface area (Å²) in [6, 6.07) is 1.66. The Hall–Kier alpha value is -2.78. The summed E-state index contributed by atoms with van der Waals surface area (Å²) in [5.74, 6) is -0.266. The number of amides is 1. The van der Waals surface area contributed by atoms with Crippen molar-refractivity contribution in [2.45, 2.75) is 32.5 Å². The highest BCUT2D eigenvalue weighted by atomic mass is 16.3. The number of aromatic amines is 1. The van der Waals surface area contributed by atoms with Gasteiger partial charge in [0, 0.05) is 36.6 Å². The molecule has 0 radical (unpaired) electrons. The average Bonchev–Trinajstić information content (AvgIpc) is 3.30. The molecular weight excluding hydrogens is 334 g/mol. The maximum Gasteiger partial charge on any atom is 0.269 e. The molecule has 1 aliphatic heterocycles. The number of likely N-dealkylation sites (tertiary alicyclic amines) is 1. The Morgan fingerprint density at radius 2 is 2.23 bits per heavy atom. The number of imidazole rings is 1. The van der Waals surface area contributed by atoms with E-state index in [0.29, 0.717) is 25.3 Å². The number of aliphatic hydroxyl groups is 1. The number of carbonyl (C=O) groups is 1. The van der Waals surface area contributed by atoms with Crippen LogP contribution in [0.5, 0.6) is 0 Å². The fraction of sp³-hybridized carbons (Fsp3) is 0.412. The minimum atomic E-state index is -0.625. The van der Waals surface area contributed by atoms with Gasteiger partial charge >= 0.3 is 0 Å². The minimum Gasteiger partial charge on any atom is -0.390 e. The van der Waals surface area contributed by atoms with Crippen molar-refractivity contribution < 1.29 is 9.90 Å². The van der Waals surface area contributed by atoms with E-state index < -0.39 is 6.10 Å². The molecule has 26 heavy (non-hydrogen) atoms. The van der Waals surface area contributed by atoms with Crippen LogP contribution in [0.1, 0.15) is 27.4 Å². The zero-order valence-corrected chi connectivity index (χ0v) is 14.7. The Bertz CT molecular complexity index is 934. The average molecular weight is 355 g/mol. The monoisotopic (exact) mass is 355 g/mol.